The van der Waals surface area contributed by atoms with Gasteiger partial charge in [0.25, 0.3) is 0 Å². The fourth-order valence-corrected chi connectivity index (χ4v) is 1.90. The summed E-state index contributed by atoms with van der Waals surface area (Å²) < 4.78 is 5.87. The molecule has 20 heavy (non-hydrogen) atoms. The zero-order valence-electron chi connectivity index (χ0n) is 10.2. The zero-order valence-corrected chi connectivity index (χ0v) is 11.8. The third-order valence-corrected chi connectivity index (χ3v) is 2.87. The van der Waals surface area contributed by atoms with Gasteiger partial charge in [-0.05, 0) is 30.3 Å². The third kappa shape index (κ3) is 3.86. The third-order valence-electron chi connectivity index (χ3n) is 2.38. The molecule has 0 aliphatic rings. The van der Waals surface area contributed by atoms with Crippen LogP contribution in [0.15, 0.2) is 45.3 Å². The second kappa shape index (κ2) is 6.25. The van der Waals surface area contributed by atoms with Crippen molar-refractivity contribution < 1.29 is 19.1 Å². The normalized spacial score (nSPS) is 10.1. The van der Waals surface area contributed by atoms with Crippen molar-refractivity contribution in [3.63, 3.8) is 0 Å². The Labute approximate surface area is 122 Å². The SMILES string of the molecule is O=C(NCc1ccc(C(=O)O)o1)Nc1cccc(Br)c1. The lowest BCUT2D eigenvalue weighted by atomic mass is 10.3. The van der Waals surface area contributed by atoms with Gasteiger partial charge in [0, 0.05) is 10.2 Å². The van der Waals surface area contributed by atoms with Crippen LogP contribution in [0.4, 0.5) is 10.5 Å². The fraction of sp³-hybridized carbons (Fsp3) is 0.0769. The molecule has 0 spiro atoms. The molecule has 6 nitrogen and oxygen atoms in total. The van der Waals surface area contributed by atoms with Crippen molar-refractivity contribution >= 4 is 33.6 Å². The number of anilines is 1. The van der Waals surface area contributed by atoms with Gasteiger partial charge < -0.3 is 20.2 Å². The minimum absolute atomic E-state index is 0.104. The van der Waals surface area contributed by atoms with E-state index in [1.807, 2.05) is 6.07 Å². The number of rotatable bonds is 4. The maximum absolute atomic E-state index is 11.6. The molecule has 0 atom stereocenters. The van der Waals surface area contributed by atoms with Crippen LogP contribution in [0, 0.1) is 0 Å². The first-order chi connectivity index (χ1) is 9.54. The maximum atomic E-state index is 11.6. The van der Waals surface area contributed by atoms with Crippen LogP contribution >= 0.6 is 15.9 Å². The molecule has 7 heteroatoms. The highest BCUT2D eigenvalue weighted by molar-refractivity contribution is 9.10. The van der Waals surface area contributed by atoms with Crippen LogP contribution in [0.1, 0.15) is 16.3 Å². The van der Waals surface area contributed by atoms with E-state index >= 15 is 0 Å². The van der Waals surface area contributed by atoms with E-state index in [2.05, 4.69) is 26.6 Å². The molecular formula is C13H11BrN2O4. The standard InChI is InChI=1S/C13H11BrN2O4/c14-8-2-1-3-9(6-8)16-13(19)15-7-10-4-5-11(20-10)12(17)18/h1-6H,7H2,(H,17,18)(H2,15,16,19). The van der Waals surface area contributed by atoms with Gasteiger partial charge in [-0.15, -0.1) is 0 Å². The van der Waals surface area contributed by atoms with Crippen molar-refractivity contribution in [3.05, 3.63) is 52.4 Å². The van der Waals surface area contributed by atoms with Crippen LogP contribution in [0.2, 0.25) is 0 Å². The van der Waals surface area contributed by atoms with Crippen LogP contribution < -0.4 is 10.6 Å². The second-order valence-electron chi connectivity index (χ2n) is 3.89. The van der Waals surface area contributed by atoms with Crippen LogP contribution in [-0.2, 0) is 6.54 Å². The summed E-state index contributed by atoms with van der Waals surface area (Å²) in [6.07, 6.45) is 0. The molecular weight excluding hydrogens is 328 g/mol. The summed E-state index contributed by atoms with van der Waals surface area (Å²) >= 11 is 3.30. The van der Waals surface area contributed by atoms with E-state index in [1.54, 1.807) is 18.2 Å². The summed E-state index contributed by atoms with van der Waals surface area (Å²) in [5.41, 5.74) is 0.641. The smallest absolute Gasteiger partial charge is 0.371 e. The molecule has 0 saturated carbocycles. The highest BCUT2D eigenvalue weighted by atomic mass is 79.9. The minimum Gasteiger partial charge on any atom is -0.475 e. The first kappa shape index (κ1) is 14.1. The van der Waals surface area contributed by atoms with E-state index in [-0.39, 0.29) is 12.3 Å². The van der Waals surface area contributed by atoms with Crippen molar-refractivity contribution in [2.24, 2.45) is 0 Å². The Morgan fingerprint density at radius 1 is 1.25 bits per heavy atom. The molecule has 2 amide bonds. The number of carboxylic acids is 1. The van der Waals surface area contributed by atoms with Gasteiger partial charge in [-0.3, -0.25) is 0 Å². The van der Waals surface area contributed by atoms with E-state index in [1.165, 1.54) is 12.1 Å². The summed E-state index contributed by atoms with van der Waals surface area (Å²) in [5, 5.41) is 13.9. The number of halogens is 1. The molecule has 0 radical (unpaired) electrons. The predicted octanol–water partition coefficient (Wildman–Crippen LogP) is 3.06. The number of benzene rings is 1. The molecule has 2 aromatic rings. The van der Waals surface area contributed by atoms with Crippen molar-refractivity contribution in [1.82, 2.24) is 5.32 Å². The lowest BCUT2D eigenvalue weighted by molar-refractivity contribution is 0.0660. The molecule has 3 N–H and O–H groups in total. The van der Waals surface area contributed by atoms with Crippen LogP contribution in [0.5, 0.6) is 0 Å². The molecule has 0 saturated heterocycles. The van der Waals surface area contributed by atoms with E-state index < -0.39 is 12.0 Å². The highest BCUT2D eigenvalue weighted by Crippen LogP contribution is 2.15. The number of carbonyl (C=O) groups is 2. The Hall–Kier alpha value is -2.28. The lowest BCUT2D eigenvalue weighted by Gasteiger charge is -2.06. The van der Waals surface area contributed by atoms with Gasteiger partial charge >= 0.3 is 12.0 Å². The molecule has 0 fully saturated rings. The Morgan fingerprint density at radius 3 is 2.70 bits per heavy atom. The Bertz CT molecular complexity index is 639. The maximum Gasteiger partial charge on any atom is 0.371 e. The number of hydrogen-bond donors (Lipinski definition) is 3. The van der Waals surface area contributed by atoms with Crippen LogP contribution in [-0.4, -0.2) is 17.1 Å². The van der Waals surface area contributed by atoms with Gasteiger partial charge in [0.05, 0.1) is 6.54 Å². The summed E-state index contributed by atoms with van der Waals surface area (Å²) in [6, 6.07) is 9.59. The Kier molecular flexibility index (Phi) is 4.41. The number of nitrogens with one attached hydrogen (secondary N) is 2. The summed E-state index contributed by atoms with van der Waals surface area (Å²) in [4.78, 5) is 22.3. The molecule has 0 aliphatic heterocycles. The quantitative estimate of drug-likeness (QED) is 0.798. The van der Waals surface area contributed by atoms with Crippen molar-refractivity contribution in [1.29, 1.82) is 0 Å². The first-order valence-corrected chi connectivity index (χ1v) is 6.46. The topological polar surface area (TPSA) is 91.6 Å². The van der Waals surface area contributed by atoms with E-state index in [9.17, 15) is 9.59 Å². The summed E-state index contributed by atoms with van der Waals surface area (Å²) in [6.45, 7) is 0.104. The van der Waals surface area contributed by atoms with Gasteiger partial charge in [-0.25, -0.2) is 9.59 Å². The number of carboxylic acid groups (broad SMARTS) is 1. The van der Waals surface area contributed by atoms with E-state index in [0.29, 0.717) is 11.4 Å². The molecule has 2 rings (SSSR count). The van der Waals surface area contributed by atoms with Crippen LogP contribution in [0.3, 0.4) is 0 Å². The second-order valence-corrected chi connectivity index (χ2v) is 4.80. The Balaban J connectivity index is 1.87. The average Bonchev–Trinajstić information content (AvgIpc) is 2.85. The largest absolute Gasteiger partial charge is 0.475 e. The molecule has 1 heterocycles. The van der Waals surface area contributed by atoms with Crippen LogP contribution in [0.25, 0.3) is 0 Å². The molecule has 1 aromatic heterocycles. The monoisotopic (exact) mass is 338 g/mol. The number of amides is 2. The lowest BCUT2D eigenvalue weighted by Crippen LogP contribution is -2.27. The van der Waals surface area contributed by atoms with Gasteiger partial charge in [-0.1, -0.05) is 22.0 Å². The van der Waals surface area contributed by atoms with Gasteiger partial charge in [-0.2, -0.15) is 0 Å². The van der Waals surface area contributed by atoms with Gasteiger partial charge in [0.15, 0.2) is 0 Å². The number of hydrogen-bond acceptors (Lipinski definition) is 3. The van der Waals surface area contributed by atoms with Crippen molar-refractivity contribution in [2.75, 3.05) is 5.32 Å². The fourth-order valence-electron chi connectivity index (χ4n) is 1.50. The van der Waals surface area contributed by atoms with Gasteiger partial charge in [0.2, 0.25) is 5.76 Å². The van der Waals surface area contributed by atoms with Crippen molar-refractivity contribution in [3.8, 4) is 0 Å². The molecule has 1 aromatic carbocycles. The minimum atomic E-state index is -1.14. The predicted molar refractivity (Wildman–Crippen MR) is 75.7 cm³/mol. The molecule has 0 unspecified atom stereocenters. The summed E-state index contributed by atoms with van der Waals surface area (Å²) in [5.74, 6) is -0.934. The Morgan fingerprint density at radius 2 is 2.05 bits per heavy atom. The number of urea groups is 1. The number of carbonyl (C=O) groups excluding carboxylic acids is 1. The highest BCUT2D eigenvalue weighted by Gasteiger charge is 2.09. The summed E-state index contributed by atoms with van der Waals surface area (Å²) in [7, 11) is 0. The van der Waals surface area contributed by atoms with E-state index in [0.717, 1.165) is 4.47 Å². The molecule has 0 bridgehead atoms. The van der Waals surface area contributed by atoms with Gasteiger partial charge in [0.1, 0.15) is 5.76 Å². The average molecular weight is 339 g/mol. The molecule has 0 aliphatic carbocycles. The molecule has 104 valence electrons. The first-order valence-electron chi connectivity index (χ1n) is 5.67. The number of furan rings is 1. The zero-order chi connectivity index (χ0) is 14.5. The van der Waals surface area contributed by atoms with E-state index in [4.69, 9.17) is 9.52 Å². The number of aromatic carboxylic acids is 1. The van der Waals surface area contributed by atoms with Crippen molar-refractivity contribution in [2.45, 2.75) is 6.54 Å².